The Morgan fingerprint density at radius 2 is 2.39 bits per heavy atom. The van der Waals surface area contributed by atoms with Crippen LogP contribution in [0.1, 0.15) is 43.4 Å². The molecule has 1 fully saturated rings. The Morgan fingerprint density at radius 3 is 3.17 bits per heavy atom. The highest BCUT2D eigenvalue weighted by Gasteiger charge is 2.32. The molecule has 0 amide bonds. The second-order valence-corrected chi connectivity index (χ2v) is 5.68. The van der Waals surface area contributed by atoms with E-state index in [2.05, 4.69) is 12.2 Å². The van der Waals surface area contributed by atoms with E-state index in [1.165, 1.54) is 0 Å². The molecule has 1 aromatic carbocycles. The highest BCUT2D eigenvalue weighted by Crippen LogP contribution is 2.33. The van der Waals surface area contributed by atoms with Crippen molar-refractivity contribution in [3.63, 3.8) is 0 Å². The van der Waals surface area contributed by atoms with Gasteiger partial charge in [0.25, 0.3) is 0 Å². The summed E-state index contributed by atoms with van der Waals surface area (Å²) in [6.45, 7) is 3.89. The Kier molecular flexibility index (Phi) is 3.12. The molecular weight excluding hydrogens is 229 g/mol. The second-order valence-electron chi connectivity index (χ2n) is 5.68. The zero-order valence-electron chi connectivity index (χ0n) is 10.8. The molecule has 0 aromatic heterocycles. The minimum Gasteiger partial charge on any atom is -0.374 e. The van der Waals surface area contributed by atoms with Gasteiger partial charge in [-0.3, -0.25) is 0 Å². The van der Waals surface area contributed by atoms with E-state index in [1.54, 1.807) is 6.07 Å². The van der Waals surface area contributed by atoms with Gasteiger partial charge >= 0.3 is 0 Å². The average Bonchev–Trinajstić information content (AvgIpc) is 2.95. The van der Waals surface area contributed by atoms with E-state index in [1.807, 2.05) is 12.1 Å². The van der Waals surface area contributed by atoms with E-state index in [-0.39, 0.29) is 17.5 Å². The fraction of sp³-hybridized carbons (Fsp3) is 0.600. The number of fused-ring (bicyclic) bond motifs is 1. The van der Waals surface area contributed by atoms with E-state index in [4.69, 9.17) is 4.74 Å². The molecule has 3 rings (SSSR count). The molecule has 1 N–H and O–H groups in total. The van der Waals surface area contributed by atoms with Crippen LogP contribution in [-0.2, 0) is 11.2 Å². The molecule has 2 unspecified atom stereocenters. The monoisotopic (exact) mass is 249 g/mol. The van der Waals surface area contributed by atoms with Gasteiger partial charge in [-0.05, 0) is 49.8 Å². The molecule has 2 atom stereocenters. The molecule has 1 aliphatic heterocycles. The lowest BCUT2D eigenvalue weighted by Gasteiger charge is -2.26. The molecule has 18 heavy (non-hydrogen) atoms. The SMILES string of the molecule is CC1(CNC2CCc3c(F)cccc32)CCCO1. The van der Waals surface area contributed by atoms with Crippen molar-refractivity contribution in [2.75, 3.05) is 13.2 Å². The first-order chi connectivity index (χ1) is 8.68. The van der Waals surface area contributed by atoms with Gasteiger partial charge in [-0.15, -0.1) is 0 Å². The summed E-state index contributed by atoms with van der Waals surface area (Å²) < 4.78 is 19.4. The molecule has 1 saturated heterocycles. The highest BCUT2D eigenvalue weighted by molar-refractivity contribution is 5.35. The summed E-state index contributed by atoms with van der Waals surface area (Å²) in [5.74, 6) is -0.0554. The summed E-state index contributed by atoms with van der Waals surface area (Å²) in [6.07, 6.45) is 4.10. The molecule has 2 aliphatic rings. The van der Waals surface area contributed by atoms with Gasteiger partial charge in [0, 0.05) is 19.2 Å². The summed E-state index contributed by atoms with van der Waals surface area (Å²) in [7, 11) is 0. The van der Waals surface area contributed by atoms with Gasteiger partial charge in [-0.2, -0.15) is 0 Å². The molecule has 1 aromatic rings. The number of ether oxygens (including phenoxy) is 1. The van der Waals surface area contributed by atoms with E-state index < -0.39 is 0 Å². The predicted molar refractivity (Wildman–Crippen MR) is 69.1 cm³/mol. The number of benzene rings is 1. The Morgan fingerprint density at radius 1 is 1.50 bits per heavy atom. The molecule has 0 radical (unpaired) electrons. The number of rotatable bonds is 3. The van der Waals surface area contributed by atoms with Gasteiger partial charge in [0.15, 0.2) is 0 Å². The Labute approximate surface area is 108 Å². The third kappa shape index (κ3) is 2.17. The molecule has 2 nitrogen and oxygen atoms in total. The molecule has 1 heterocycles. The van der Waals surface area contributed by atoms with Crippen molar-refractivity contribution in [1.29, 1.82) is 0 Å². The van der Waals surface area contributed by atoms with Crippen LogP contribution in [0.3, 0.4) is 0 Å². The third-order valence-electron chi connectivity index (χ3n) is 4.24. The zero-order valence-corrected chi connectivity index (χ0v) is 10.8. The summed E-state index contributed by atoms with van der Waals surface area (Å²) in [5.41, 5.74) is 2.00. The first-order valence-corrected chi connectivity index (χ1v) is 6.83. The number of halogens is 1. The summed E-state index contributed by atoms with van der Waals surface area (Å²) in [5, 5.41) is 3.56. The Hall–Kier alpha value is -0.930. The van der Waals surface area contributed by atoms with Gasteiger partial charge < -0.3 is 10.1 Å². The van der Waals surface area contributed by atoms with Crippen LogP contribution in [0.15, 0.2) is 18.2 Å². The van der Waals surface area contributed by atoms with Crippen molar-refractivity contribution in [2.45, 2.75) is 44.2 Å². The highest BCUT2D eigenvalue weighted by atomic mass is 19.1. The molecule has 3 heteroatoms. The van der Waals surface area contributed by atoms with Crippen molar-refractivity contribution >= 4 is 0 Å². The number of hydrogen-bond donors (Lipinski definition) is 1. The van der Waals surface area contributed by atoms with Crippen LogP contribution in [0.2, 0.25) is 0 Å². The smallest absolute Gasteiger partial charge is 0.126 e. The van der Waals surface area contributed by atoms with Crippen LogP contribution in [-0.4, -0.2) is 18.8 Å². The third-order valence-corrected chi connectivity index (χ3v) is 4.24. The standard InChI is InChI=1S/C15H20FNO/c1-15(8-3-9-18-15)10-17-14-7-6-11-12(14)4-2-5-13(11)16/h2,4-5,14,17H,3,6-10H2,1H3. The average molecular weight is 249 g/mol. The van der Waals surface area contributed by atoms with Crippen molar-refractivity contribution in [3.8, 4) is 0 Å². The lowest BCUT2D eigenvalue weighted by molar-refractivity contribution is 0.0187. The number of hydrogen-bond acceptors (Lipinski definition) is 2. The Bertz CT molecular complexity index is 440. The lowest BCUT2D eigenvalue weighted by atomic mass is 10.0. The maximum absolute atomic E-state index is 13.6. The topological polar surface area (TPSA) is 21.3 Å². The maximum Gasteiger partial charge on any atom is 0.126 e. The van der Waals surface area contributed by atoms with Crippen LogP contribution in [0.25, 0.3) is 0 Å². The zero-order chi connectivity index (χ0) is 12.6. The van der Waals surface area contributed by atoms with Crippen molar-refractivity contribution in [2.24, 2.45) is 0 Å². The maximum atomic E-state index is 13.6. The summed E-state index contributed by atoms with van der Waals surface area (Å²) >= 11 is 0. The Balaban J connectivity index is 1.68. The van der Waals surface area contributed by atoms with Crippen LogP contribution >= 0.6 is 0 Å². The molecule has 0 saturated carbocycles. The normalized spacial score (nSPS) is 30.7. The first kappa shape index (κ1) is 12.1. The van der Waals surface area contributed by atoms with Gasteiger partial charge in [0.1, 0.15) is 5.82 Å². The van der Waals surface area contributed by atoms with Gasteiger partial charge in [-0.1, -0.05) is 12.1 Å². The largest absolute Gasteiger partial charge is 0.374 e. The molecule has 98 valence electrons. The fourth-order valence-electron chi connectivity index (χ4n) is 3.14. The summed E-state index contributed by atoms with van der Waals surface area (Å²) in [6, 6.07) is 5.70. The first-order valence-electron chi connectivity index (χ1n) is 6.83. The minimum absolute atomic E-state index is 0.0317. The van der Waals surface area contributed by atoms with Crippen LogP contribution in [0.5, 0.6) is 0 Å². The van der Waals surface area contributed by atoms with Gasteiger partial charge in [0.05, 0.1) is 5.60 Å². The minimum atomic E-state index is -0.0554. The van der Waals surface area contributed by atoms with Crippen LogP contribution in [0, 0.1) is 5.82 Å². The lowest BCUT2D eigenvalue weighted by Crippen LogP contribution is -2.38. The van der Waals surface area contributed by atoms with Gasteiger partial charge in [0.2, 0.25) is 0 Å². The molecular formula is C15H20FNO. The van der Waals surface area contributed by atoms with Crippen LogP contribution in [0.4, 0.5) is 4.39 Å². The quantitative estimate of drug-likeness (QED) is 0.889. The molecule has 0 spiro atoms. The predicted octanol–water partition coefficient (Wildman–Crippen LogP) is 2.97. The van der Waals surface area contributed by atoms with E-state index in [0.717, 1.165) is 50.0 Å². The molecule has 1 aliphatic carbocycles. The number of nitrogens with one attached hydrogen (secondary N) is 1. The van der Waals surface area contributed by atoms with Crippen molar-refractivity contribution in [3.05, 3.63) is 35.1 Å². The second kappa shape index (κ2) is 4.63. The van der Waals surface area contributed by atoms with Crippen LogP contribution < -0.4 is 5.32 Å². The summed E-state index contributed by atoms with van der Waals surface area (Å²) in [4.78, 5) is 0. The fourth-order valence-corrected chi connectivity index (χ4v) is 3.14. The van der Waals surface area contributed by atoms with E-state index >= 15 is 0 Å². The van der Waals surface area contributed by atoms with Crippen molar-refractivity contribution in [1.82, 2.24) is 5.32 Å². The van der Waals surface area contributed by atoms with Gasteiger partial charge in [-0.25, -0.2) is 4.39 Å². The molecule has 0 bridgehead atoms. The van der Waals surface area contributed by atoms with E-state index in [9.17, 15) is 4.39 Å². The van der Waals surface area contributed by atoms with E-state index in [0.29, 0.717) is 0 Å². The van der Waals surface area contributed by atoms with Crippen molar-refractivity contribution < 1.29 is 9.13 Å².